The zero-order valence-electron chi connectivity index (χ0n) is 17.3. The molecule has 0 N–H and O–H groups in total. The summed E-state index contributed by atoms with van der Waals surface area (Å²) < 4.78 is 78.6. The number of nitrogens with zero attached hydrogens (tertiary/aromatic N) is 2. The van der Waals surface area contributed by atoms with Crippen molar-refractivity contribution in [3.8, 4) is 0 Å². The topological polar surface area (TPSA) is 40.6 Å². The smallest absolute Gasteiger partial charge is 0.338 e. The summed E-state index contributed by atoms with van der Waals surface area (Å²) in [5.74, 6) is -1.40. The number of halogens is 6. The van der Waals surface area contributed by atoms with Crippen LogP contribution in [0, 0.1) is 5.92 Å². The Morgan fingerprint density at radius 3 is 2.15 bits per heavy atom. The quantitative estimate of drug-likeness (QED) is 0.613. The molecule has 10 heteroatoms. The molecule has 2 heterocycles. The molecule has 2 aliphatic heterocycles. The molecule has 2 aliphatic rings. The van der Waals surface area contributed by atoms with Gasteiger partial charge in [0.25, 0.3) is 0 Å². The second-order valence-corrected chi connectivity index (χ2v) is 8.37. The van der Waals surface area contributed by atoms with Gasteiger partial charge in [-0.15, -0.1) is 0 Å². The predicted molar refractivity (Wildman–Crippen MR) is 106 cm³/mol. The van der Waals surface area contributed by atoms with Crippen molar-refractivity contribution < 1.29 is 35.9 Å². The highest BCUT2D eigenvalue weighted by atomic mass is 19.4. The number of carbonyl (C=O) groups excluding carboxylic acids is 2. The number of hydrogen-bond acceptors (Lipinski definition) is 2. The summed E-state index contributed by atoms with van der Waals surface area (Å²) in [7, 11) is 0. The van der Waals surface area contributed by atoms with Crippen LogP contribution in [0.25, 0.3) is 0 Å². The maximum Gasteiger partial charge on any atom is 0.416 e. The zero-order valence-corrected chi connectivity index (χ0v) is 17.3. The van der Waals surface area contributed by atoms with Gasteiger partial charge in [-0.05, 0) is 41.3 Å². The molecule has 2 amide bonds. The Labute approximate surface area is 185 Å². The fourth-order valence-electron chi connectivity index (χ4n) is 4.36. The van der Waals surface area contributed by atoms with Crippen LogP contribution in [0.1, 0.15) is 34.2 Å². The average molecular weight is 470 g/mol. The number of alkyl halides is 6. The van der Waals surface area contributed by atoms with Crippen LogP contribution in [0.15, 0.2) is 42.5 Å². The summed E-state index contributed by atoms with van der Waals surface area (Å²) in [5, 5.41) is 0. The lowest BCUT2D eigenvalue weighted by Crippen LogP contribution is -2.40. The second kappa shape index (κ2) is 8.39. The largest absolute Gasteiger partial charge is 0.416 e. The van der Waals surface area contributed by atoms with Crippen LogP contribution in [-0.4, -0.2) is 34.7 Å². The summed E-state index contributed by atoms with van der Waals surface area (Å²) in [6, 6.07) is 8.98. The van der Waals surface area contributed by atoms with E-state index in [9.17, 15) is 35.9 Å². The molecule has 4 rings (SSSR count). The van der Waals surface area contributed by atoms with Crippen molar-refractivity contribution in [1.82, 2.24) is 9.80 Å². The molecular formula is C23H20F6N2O2. The first-order chi connectivity index (χ1) is 15.4. The van der Waals surface area contributed by atoms with Crippen molar-refractivity contribution in [2.24, 2.45) is 5.92 Å². The summed E-state index contributed by atoms with van der Waals surface area (Å²) in [6.45, 7) is 0.414. The van der Waals surface area contributed by atoms with Crippen molar-refractivity contribution in [3.05, 3.63) is 70.3 Å². The minimum Gasteiger partial charge on any atom is -0.338 e. The van der Waals surface area contributed by atoms with Gasteiger partial charge in [-0.3, -0.25) is 9.59 Å². The minimum atomic E-state index is -4.96. The first-order valence-corrected chi connectivity index (χ1v) is 10.3. The van der Waals surface area contributed by atoms with E-state index in [-0.39, 0.29) is 30.5 Å². The molecule has 2 aromatic carbocycles. The molecule has 0 spiro atoms. The Hall–Kier alpha value is -3.04. The summed E-state index contributed by atoms with van der Waals surface area (Å²) >= 11 is 0. The number of likely N-dealkylation sites (tertiary alicyclic amines) is 1. The lowest BCUT2D eigenvalue weighted by Gasteiger charge is -2.30. The van der Waals surface area contributed by atoms with E-state index in [0.717, 1.165) is 16.0 Å². The van der Waals surface area contributed by atoms with Crippen LogP contribution in [-0.2, 0) is 41.5 Å². The molecule has 33 heavy (non-hydrogen) atoms. The van der Waals surface area contributed by atoms with Crippen molar-refractivity contribution in [1.29, 1.82) is 0 Å². The van der Waals surface area contributed by atoms with Crippen LogP contribution in [0.3, 0.4) is 0 Å². The third kappa shape index (κ3) is 4.99. The van der Waals surface area contributed by atoms with E-state index in [1.807, 2.05) is 24.3 Å². The first kappa shape index (κ1) is 23.1. The van der Waals surface area contributed by atoms with Crippen LogP contribution >= 0.6 is 0 Å². The van der Waals surface area contributed by atoms with Crippen molar-refractivity contribution in [2.45, 2.75) is 38.3 Å². The van der Waals surface area contributed by atoms with E-state index in [4.69, 9.17) is 0 Å². The number of hydrogen-bond donors (Lipinski definition) is 0. The van der Waals surface area contributed by atoms with Gasteiger partial charge in [-0.25, -0.2) is 0 Å². The maximum absolute atomic E-state index is 13.1. The fourth-order valence-corrected chi connectivity index (χ4v) is 4.36. The van der Waals surface area contributed by atoms with Crippen LogP contribution in [0.2, 0.25) is 0 Å². The Bertz CT molecular complexity index is 1050. The number of rotatable bonds is 3. The third-order valence-electron chi connectivity index (χ3n) is 6.03. The number of amides is 2. The van der Waals surface area contributed by atoms with E-state index >= 15 is 0 Å². The molecule has 176 valence electrons. The zero-order chi connectivity index (χ0) is 24.0. The molecule has 0 aliphatic carbocycles. The maximum atomic E-state index is 13.1. The van der Waals surface area contributed by atoms with Gasteiger partial charge in [0.1, 0.15) is 0 Å². The minimum absolute atomic E-state index is 0.0482. The number of benzene rings is 2. The summed E-state index contributed by atoms with van der Waals surface area (Å²) in [5.41, 5.74) is -0.986. The molecule has 1 fully saturated rings. The molecule has 0 bridgehead atoms. The van der Waals surface area contributed by atoms with Gasteiger partial charge in [-0.1, -0.05) is 24.3 Å². The van der Waals surface area contributed by atoms with Gasteiger partial charge in [0.15, 0.2) is 0 Å². The molecule has 1 atom stereocenters. The second-order valence-electron chi connectivity index (χ2n) is 8.37. The van der Waals surface area contributed by atoms with Gasteiger partial charge in [0.2, 0.25) is 11.8 Å². The SMILES string of the molecule is O=C1CC(C(=O)N2CCc3ccccc3C2)CN1Cc1cc(C(F)(F)F)cc(C(F)(F)F)c1. The normalized spacial score (nSPS) is 19.1. The molecular weight excluding hydrogens is 450 g/mol. The van der Waals surface area contributed by atoms with Gasteiger partial charge >= 0.3 is 12.4 Å². The fraction of sp³-hybridized carbons (Fsp3) is 0.391. The molecule has 0 saturated carbocycles. The lowest BCUT2D eigenvalue weighted by atomic mass is 9.98. The molecule has 1 saturated heterocycles. The van der Waals surface area contributed by atoms with Crippen LogP contribution in [0.5, 0.6) is 0 Å². The Kier molecular flexibility index (Phi) is 5.88. The summed E-state index contributed by atoms with van der Waals surface area (Å²) in [6.07, 6.45) is -9.37. The first-order valence-electron chi connectivity index (χ1n) is 10.3. The van der Waals surface area contributed by atoms with Crippen molar-refractivity contribution >= 4 is 11.8 Å². The van der Waals surface area contributed by atoms with E-state index < -0.39 is 41.8 Å². The number of fused-ring (bicyclic) bond motifs is 1. The molecule has 0 aromatic heterocycles. The van der Waals surface area contributed by atoms with Crippen LogP contribution < -0.4 is 0 Å². The van der Waals surface area contributed by atoms with E-state index in [1.54, 1.807) is 4.90 Å². The van der Waals surface area contributed by atoms with Gasteiger partial charge < -0.3 is 9.80 Å². The number of carbonyl (C=O) groups is 2. The third-order valence-corrected chi connectivity index (χ3v) is 6.03. The highest BCUT2D eigenvalue weighted by Gasteiger charge is 2.39. The molecule has 1 unspecified atom stereocenters. The Morgan fingerprint density at radius 1 is 0.939 bits per heavy atom. The average Bonchev–Trinajstić information content (AvgIpc) is 3.11. The highest BCUT2D eigenvalue weighted by molar-refractivity contribution is 5.89. The van der Waals surface area contributed by atoms with Crippen LogP contribution in [0.4, 0.5) is 26.3 Å². The van der Waals surface area contributed by atoms with E-state index in [2.05, 4.69) is 0 Å². The Morgan fingerprint density at radius 2 is 1.55 bits per heavy atom. The lowest BCUT2D eigenvalue weighted by molar-refractivity contribution is -0.143. The van der Waals surface area contributed by atoms with E-state index in [0.29, 0.717) is 31.6 Å². The Balaban J connectivity index is 1.49. The van der Waals surface area contributed by atoms with Gasteiger partial charge in [0.05, 0.1) is 17.0 Å². The van der Waals surface area contributed by atoms with Crippen molar-refractivity contribution in [3.63, 3.8) is 0 Å². The standard InChI is InChI=1S/C23H20F6N2O2/c24-22(25,26)18-7-14(8-19(10-18)23(27,28)29)11-31-13-17(9-20(31)32)21(33)30-6-5-15-3-1-2-4-16(15)12-30/h1-4,7-8,10,17H,5-6,9,11-13H2. The molecule has 2 aromatic rings. The monoisotopic (exact) mass is 470 g/mol. The summed E-state index contributed by atoms with van der Waals surface area (Å²) in [4.78, 5) is 28.2. The van der Waals surface area contributed by atoms with E-state index in [1.165, 1.54) is 0 Å². The van der Waals surface area contributed by atoms with Gasteiger partial charge in [0, 0.05) is 32.6 Å². The predicted octanol–water partition coefficient (Wildman–Crippen LogP) is 4.66. The molecule has 4 nitrogen and oxygen atoms in total. The highest BCUT2D eigenvalue weighted by Crippen LogP contribution is 2.37. The molecule has 0 radical (unpaired) electrons. The van der Waals surface area contributed by atoms with Crippen molar-refractivity contribution in [2.75, 3.05) is 13.1 Å². The van der Waals surface area contributed by atoms with Gasteiger partial charge in [-0.2, -0.15) is 26.3 Å².